The highest BCUT2D eigenvalue weighted by Gasteiger charge is 2.47. The van der Waals surface area contributed by atoms with E-state index >= 15 is 0 Å². The average Bonchev–Trinajstić information content (AvgIpc) is 3.14. The van der Waals surface area contributed by atoms with Crippen molar-refractivity contribution in [3.05, 3.63) is 89.0 Å². The molecule has 0 aromatic heterocycles. The van der Waals surface area contributed by atoms with E-state index < -0.39 is 17.7 Å². The Bertz CT molecular complexity index is 1370. The molecule has 4 rings (SSSR count). The van der Waals surface area contributed by atoms with Gasteiger partial charge in [0.25, 0.3) is 11.7 Å². The van der Waals surface area contributed by atoms with Crippen molar-refractivity contribution in [3.63, 3.8) is 0 Å². The Hall–Kier alpha value is -4.26. The van der Waals surface area contributed by atoms with E-state index in [4.69, 9.17) is 4.74 Å². The Kier molecular flexibility index (Phi) is 7.49. The summed E-state index contributed by atoms with van der Waals surface area (Å²) in [5.41, 5.74) is 4.59. The highest BCUT2D eigenvalue weighted by molar-refractivity contribution is 6.51. The third-order valence-corrected chi connectivity index (χ3v) is 6.62. The van der Waals surface area contributed by atoms with Gasteiger partial charge in [-0.05, 0) is 86.5 Å². The maximum absolute atomic E-state index is 13.5. The molecule has 3 aromatic rings. The van der Waals surface area contributed by atoms with Crippen LogP contribution in [0.3, 0.4) is 0 Å². The Balaban J connectivity index is 1.87. The summed E-state index contributed by atoms with van der Waals surface area (Å²) in [6.45, 7) is 5.78. The van der Waals surface area contributed by atoms with Crippen LogP contribution in [0.4, 0.5) is 17.1 Å². The summed E-state index contributed by atoms with van der Waals surface area (Å²) in [6, 6.07) is 19.6. The Morgan fingerprint density at radius 1 is 0.868 bits per heavy atom. The van der Waals surface area contributed by atoms with Crippen molar-refractivity contribution in [2.75, 3.05) is 42.9 Å². The number of anilines is 3. The summed E-state index contributed by atoms with van der Waals surface area (Å²) in [5.74, 6) is -0.909. The third-order valence-electron chi connectivity index (χ3n) is 6.62. The summed E-state index contributed by atoms with van der Waals surface area (Å²) in [5, 5.41) is 11.5. The van der Waals surface area contributed by atoms with Crippen molar-refractivity contribution in [3.8, 4) is 5.75 Å². The number of hydrogen-bond acceptors (Lipinski definition) is 6. The summed E-state index contributed by atoms with van der Waals surface area (Å²) >= 11 is 0. The van der Waals surface area contributed by atoms with Gasteiger partial charge >= 0.3 is 0 Å². The number of carbonyl (C=O) groups is 2. The standard InChI is InChI=1S/C31H35N3O4/c1-19(2)38-26-17-10-22(18-20(26)3)29(35)27-28(21-8-11-23(12-9-21)32(4)5)34(31(37)30(27)36)25-15-13-24(14-16-25)33(6)7/h8-19,28,35H,1-7H3/b29-27-. The molecule has 1 aliphatic rings. The molecule has 1 saturated heterocycles. The summed E-state index contributed by atoms with van der Waals surface area (Å²) in [7, 11) is 7.77. The quantitative estimate of drug-likeness (QED) is 0.254. The van der Waals surface area contributed by atoms with Crippen LogP contribution in [-0.4, -0.2) is 51.1 Å². The fraction of sp³-hybridized carbons (Fsp3) is 0.290. The zero-order chi connectivity index (χ0) is 27.7. The first-order valence-electron chi connectivity index (χ1n) is 12.6. The topological polar surface area (TPSA) is 73.3 Å². The number of aliphatic hydroxyl groups is 1. The van der Waals surface area contributed by atoms with Gasteiger partial charge in [-0.25, -0.2) is 0 Å². The zero-order valence-electron chi connectivity index (χ0n) is 23.0. The van der Waals surface area contributed by atoms with Gasteiger partial charge in [0, 0.05) is 50.8 Å². The number of rotatable bonds is 7. The molecule has 0 bridgehead atoms. The molecule has 1 amide bonds. The predicted molar refractivity (Wildman–Crippen MR) is 153 cm³/mol. The fourth-order valence-electron chi connectivity index (χ4n) is 4.62. The van der Waals surface area contributed by atoms with E-state index in [0.29, 0.717) is 17.0 Å². The van der Waals surface area contributed by atoms with E-state index in [0.717, 1.165) is 22.5 Å². The van der Waals surface area contributed by atoms with Crippen LogP contribution in [0.15, 0.2) is 72.3 Å². The molecule has 0 aliphatic carbocycles. The number of ether oxygens (including phenoxy) is 1. The molecule has 1 fully saturated rings. The smallest absolute Gasteiger partial charge is 0.300 e. The van der Waals surface area contributed by atoms with Crippen molar-refractivity contribution >= 4 is 34.5 Å². The van der Waals surface area contributed by atoms with Crippen LogP contribution in [0.1, 0.15) is 36.6 Å². The number of Topliss-reactive ketones (excluding diaryl/α,β-unsaturated/α-hetero) is 1. The average molecular weight is 514 g/mol. The minimum absolute atomic E-state index is 0.00231. The lowest BCUT2D eigenvalue weighted by Gasteiger charge is -2.26. The number of nitrogens with zero attached hydrogens (tertiary/aromatic N) is 3. The van der Waals surface area contributed by atoms with Gasteiger partial charge in [-0.3, -0.25) is 14.5 Å². The molecular formula is C31H35N3O4. The van der Waals surface area contributed by atoms with Gasteiger partial charge in [-0.2, -0.15) is 0 Å². The van der Waals surface area contributed by atoms with Crippen LogP contribution >= 0.6 is 0 Å². The van der Waals surface area contributed by atoms with Crippen molar-refractivity contribution in [2.24, 2.45) is 0 Å². The van der Waals surface area contributed by atoms with Gasteiger partial charge in [0.1, 0.15) is 11.5 Å². The summed E-state index contributed by atoms with van der Waals surface area (Å²) in [6.07, 6.45) is 0.00231. The van der Waals surface area contributed by atoms with Crippen LogP contribution in [0.25, 0.3) is 5.76 Å². The SMILES string of the molecule is Cc1cc(/C(O)=C2/C(=O)C(=O)N(c3ccc(N(C)C)cc3)C2c2ccc(N(C)C)cc2)ccc1OC(C)C. The van der Waals surface area contributed by atoms with Crippen LogP contribution in [0.5, 0.6) is 5.75 Å². The second-order valence-electron chi connectivity index (χ2n) is 10.2. The zero-order valence-corrected chi connectivity index (χ0v) is 23.0. The molecule has 1 atom stereocenters. The van der Waals surface area contributed by atoms with Crippen LogP contribution < -0.4 is 19.4 Å². The first-order chi connectivity index (χ1) is 18.0. The van der Waals surface area contributed by atoms with E-state index in [1.807, 2.05) is 107 Å². The number of ketones is 1. The highest BCUT2D eigenvalue weighted by atomic mass is 16.5. The van der Waals surface area contributed by atoms with E-state index in [1.54, 1.807) is 18.2 Å². The molecule has 0 saturated carbocycles. The molecule has 0 spiro atoms. The first-order valence-corrected chi connectivity index (χ1v) is 12.6. The van der Waals surface area contributed by atoms with Crippen molar-refractivity contribution in [1.29, 1.82) is 0 Å². The molecule has 0 radical (unpaired) electrons. The number of aryl methyl sites for hydroxylation is 1. The second-order valence-corrected chi connectivity index (χ2v) is 10.2. The summed E-state index contributed by atoms with van der Waals surface area (Å²) in [4.78, 5) is 32.4. The lowest BCUT2D eigenvalue weighted by molar-refractivity contribution is -0.132. The maximum atomic E-state index is 13.5. The van der Waals surface area contributed by atoms with Gasteiger partial charge in [0.15, 0.2) is 0 Å². The van der Waals surface area contributed by atoms with Crippen LogP contribution in [0.2, 0.25) is 0 Å². The van der Waals surface area contributed by atoms with Crippen molar-refractivity contribution in [1.82, 2.24) is 0 Å². The Morgan fingerprint density at radius 2 is 1.42 bits per heavy atom. The molecule has 7 nitrogen and oxygen atoms in total. The predicted octanol–water partition coefficient (Wildman–Crippen LogP) is 5.54. The largest absolute Gasteiger partial charge is 0.507 e. The number of benzene rings is 3. The molecule has 1 unspecified atom stereocenters. The van der Waals surface area contributed by atoms with Gasteiger partial charge < -0.3 is 19.6 Å². The van der Waals surface area contributed by atoms with Crippen LogP contribution in [-0.2, 0) is 9.59 Å². The number of hydrogen-bond donors (Lipinski definition) is 1. The highest BCUT2D eigenvalue weighted by Crippen LogP contribution is 2.43. The molecule has 1 aliphatic heterocycles. The summed E-state index contributed by atoms with van der Waals surface area (Å²) < 4.78 is 5.83. The Morgan fingerprint density at radius 3 is 1.92 bits per heavy atom. The second kappa shape index (κ2) is 10.6. The van der Waals surface area contributed by atoms with E-state index in [2.05, 4.69) is 0 Å². The van der Waals surface area contributed by atoms with Crippen LogP contribution in [0, 0.1) is 6.92 Å². The van der Waals surface area contributed by atoms with E-state index in [9.17, 15) is 14.7 Å². The molecule has 1 heterocycles. The normalized spacial score (nSPS) is 16.7. The maximum Gasteiger partial charge on any atom is 0.300 e. The van der Waals surface area contributed by atoms with Gasteiger partial charge in [-0.15, -0.1) is 0 Å². The number of amides is 1. The minimum Gasteiger partial charge on any atom is -0.507 e. The van der Waals surface area contributed by atoms with E-state index in [-0.39, 0.29) is 17.4 Å². The molecular weight excluding hydrogens is 478 g/mol. The molecule has 3 aromatic carbocycles. The van der Waals surface area contributed by atoms with Crippen molar-refractivity contribution < 1.29 is 19.4 Å². The van der Waals surface area contributed by atoms with Gasteiger partial charge in [0.2, 0.25) is 0 Å². The van der Waals surface area contributed by atoms with Crippen molar-refractivity contribution in [2.45, 2.75) is 32.9 Å². The molecule has 1 N–H and O–H groups in total. The molecule has 38 heavy (non-hydrogen) atoms. The Labute approximate surface area is 224 Å². The lowest BCUT2D eigenvalue weighted by atomic mass is 9.94. The monoisotopic (exact) mass is 513 g/mol. The third kappa shape index (κ3) is 5.09. The number of aliphatic hydroxyl groups excluding tert-OH is 1. The van der Waals surface area contributed by atoms with E-state index in [1.165, 1.54) is 4.90 Å². The fourth-order valence-corrected chi connectivity index (χ4v) is 4.62. The van der Waals surface area contributed by atoms with Gasteiger partial charge in [0.05, 0.1) is 17.7 Å². The lowest BCUT2D eigenvalue weighted by Crippen LogP contribution is -2.29. The number of carbonyl (C=O) groups excluding carboxylic acids is 2. The minimum atomic E-state index is -0.789. The molecule has 198 valence electrons. The first kappa shape index (κ1) is 26.8. The molecule has 7 heteroatoms. The van der Waals surface area contributed by atoms with Gasteiger partial charge in [-0.1, -0.05) is 12.1 Å².